The number of piperazine rings is 1. The molecule has 1 saturated heterocycles. The summed E-state index contributed by atoms with van der Waals surface area (Å²) in [6.07, 6.45) is 1.69. The van der Waals surface area contributed by atoms with Crippen LogP contribution in [-0.4, -0.2) is 59.2 Å². The Bertz CT molecular complexity index is 585. The average Bonchev–Trinajstić information content (AvgIpc) is 2.89. The van der Waals surface area contributed by atoms with Gasteiger partial charge >= 0.3 is 0 Å². The lowest BCUT2D eigenvalue weighted by Crippen LogP contribution is -2.52. The Hall–Kier alpha value is -1.92. The second-order valence-corrected chi connectivity index (χ2v) is 4.87. The molecule has 0 unspecified atom stereocenters. The van der Waals surface area contributed by atoms with Crippen LogP contribution in [0.4, 0.5) is 0 Å². The molecule has 1 aliphatic rings. The van der Waals surface area contributed by atoms with Crippen molar-refractivity contribution >= 4 is 16.8 Å². The zero-order chi connectivity index (χ0) is 13.2. The zero-order valence-corrected chi connectivity index (χ0v) is 10.9. The number of carbonyl (C=O) groups is 1. The molecule has 3 rings (SSSR count). The first-order valence-electron chi connectivity index (χ1n) is 6.40. The summed E-state index contributed by atoms with van der Waals surface area (Å²) in [7, 11) is 2.09. The molecule has 1 amide bonds. The maximum Gasteiger partial charge on any atom is 0.266 e. The molecule has 0 bridgehead atoms. The molecule has 0 saturated carbocycles. The highest BCUT2D eigenvalue weighted by atomic mass is 16.2. The summed E-state index contributed by atoms with van der Waals surface area (Å²) in [4.78, 5) is 14.5. The second-order valence-electron chi connectivity index (χ2n) is 4.87. The molecule has 2 heterocycles. The van der Waals surface area contributed by atoms with Crippen LogP contribution in [0.25, 0.3) is 10.9 Å². The SMILES string of the molecule is CN1CCN(NC(=O)c2cccc3[nH]ncc23)CC1. The van der Waals surface area contributed by atoms with Gasteiger partial charge in [0, 0.05) is 31.6 Å². The van der Waals surface area contributed by atoms with Gasteiger partial charge in [0.25, 0.3) is 5.91 Å². The van der Waals surface area contributed by atoms with E-state index >= 15 is 0 Å². The lowest BCUT2D eigenvalue weighted by Gasteiger charge is -2.32. The number of H-pyrrole nitrogens is 1. The van der Waals surface area contributed by atoms with E-state index in [9.17, 15) is 4.79 Å². The van der Waals surface area contributed by atoms with Crippen molar-refractivity contribution < 1.29 is 4.79 Å². The lowest BCUT2D eigenvalue weighted by molar-refractivity contribution is 0.0664. The predicted octanol–water partition coefficient (Wildman–Crippen LogP) is 0.455. The van der Waals surface area contributed by atoms with E-state index in [2.05, 4.69) is 27.6 Å². The van der Waals surface area contributed by atoms with E-state index in [0.29, 0.717) is 5.56 Å². The van der Waals surface area contributed by atoms with E-state index in [4.69, 9.17) is 0 Å². The molecule has 1 aliphatic heterocycles. The molecule has 2 aromatic rings. The normalized spacial score (nSPS) is 17.7. The summed E-state index contributed by atoms with van der Waals surface area (Å²) in [5.74, 6) is -0.0726. The standard InChI is InChI=1S/C13H17N5O/c1-17-5-7-18(8-6-17)16-13(19)10-3-2-4-12-11(10)9-14-15-12/h2-4,9H,5-8H2,1H3,(H,14,15)(H,16,19). The lowest BCUT2D eigenvalue weighted by atomic mass is 10.1. The van der Waals surface area contributed by atoms with Gasteiger partial charge in [-0.15, -0.1) is 0 Å². The molecule has 0 aliphatic carbocycles. The summed E-state index contributed by atoms with van der Waals surface area (Å²) in [5.41, 5.74) is 4.50. The van der Waals surface area contributed by atoms with Crippen LogP contribution in [0.15, 0.2) is 24.4 Å². The van der Waals surface area contributed by atoms with Gasteiger partial charge in [-0.05, 0) is 19.2 Å². The molecule has 2 N–H and O–H groups in total. The number of hydrogen-bond donors (Lipinski definition) is 2. The Morgan fingerprint density at radius 1 is 1.32 bits per heavy atom. The number of benzene rings is 1. The average molecular weight is 259 g/mol. The molecule has 0 radical (unpaired) electrons. The Labute approximate surface area is 111 Å². The van der Waals surface area contributed by atoms with Crippen molar-refractivity contribution in [2.45, 2.75) is 0 Å². The number of rotatable bonds is 2. The predicted molar refractivity (Wildman–Crippen MR) is 72.6 cm³/mol. The first-order chi connectivity index (χ1) is 9.24. The highest BCUT2D eigenvalue weighted by molar-refractivity contribution is 6.05. The Balaban J connectivity index is 1.75. The van der Waals surface area contributed by atoms with Gasteiger partial charge in [-0.25, -0.2) is 5.01 Å². The van der Waals surface area contributed by atoms with Crippen molar-refractivity contribution in [2.24, 2.45) is 0 Å². The first-order valence-corrected chi connectivity index (χ1v) is 6.40. The molecule has 6 heteroatoms. The third kappa shape index (κ3) is 2.45. The van der Waals surface area contributed by atoms with Gasteiger partial charge in [0.15, 0.2) is 0 Å². The summed E-state index contributed by atoms with van der Waals surface area (Å²) in [6.45, 7) is 3.64. The van der Waals surface area contributed by atoms with E-state index in [1.165, 1.54) is 0 Å². The third-order valence-corrected chi connectivity index (χ3v) is 3.49. The van der Waals surface area contributed by atoms with Gasteiger partial charge in [-0.1, -0.05) is 6.07 Å². The van der Waals surface area contributed by atoms with Crippen molar-refractivity contribution in [3.63, 3.8) is 0 Å². The number of carbonyl (C=O) groups excluding carboxylic acids is 1. The Morgan fingerprint density at radius 2 is 2.11 bits per heavy atom. The van der Waals surface area contributed by atoms with Crippen LogP contribution in [-0.2, 0) is 0 Å². The van der Waals surface area contributed by atoms with Crippen molar-refractivity contribution in [3.8, 4) is 0 Å². The van der Waals surface area contributed by atoms with Crippen LogP contribution in [0.2, 0.25) is 0 Å². The van der Waals surface area contributed by atoms with Crippen molar-refractivity contribution in [3.05, 3.63) is 30.0 Å². The topological polar surface area (TPSA) is 64.3 Å². The van der Waals surface area contributed by atoms with Gasteiger partial charge in [0.1, 0.15) is 0 Å². The molecular formula is C13H17N5O. The molecular weight excluding hydrogens is 242 g/mol. The van der Waals surface area contributed by atoms with Crippen LogP contribution in [0.5, 0.6) is 0 Å². The minimum absolute atomic E-state index is 0.0726. The number of nitrogens with one attached hydrogen (secondary N) is 2. The van der Waals surface area contributed by atoms with E-state index in [1.807, 2.05) is 23.2 Å². The number of aromatic nitrogens is 2. The summed E-state index contributed by atoms with van der Waals surface area (Å²) >= 11 is 0. The van der Waals surface area contributed by atoms with Gasteiger partial charge in [-0.2, -0.15) is 5.10 Å². The fourth-order valence-corrected chi connectivity index (χ4v) is 2.29. The van der Waals surface area contributed by atoms with Crippen LogP contribution in [0.3, 0.4) is 0 Å². The third-order valence-electron chi connectivity index (χ3n) is 3.49. The van der Waals surface area contributed by atoms with Crippen molar-refractivity contribution in [2.75, 3.05) is 33.2 Å². The molecule has 1 aromatic heterocycles. The second kappa shape index (κ2) is 4.99. The molecule has 1 fully saturated rings. The quantitative estimate of drug-likeness (QED) is 0.822. The largest absolute Gasteiger partial charge is 0.304 e. The number of nitrogens with zero attached hydrogens (tertiary/aromatic N) is 3. The molecule has 1 aromatic carbocycles. The van der Waals surface area contributed by atoms with E-state index < -0.39 is 0 Å². The van der Waals surface area contributed by atoms with E-state index in [0.717, 1.165) is 37.1 Å². The number of fused-ring (bicyclic) bond motifs is 1. The highest BCUT2D eigenvalue weighted by Gasteiger charge is 2.18. The Morgan fingerprint density at radius 3 is 2.89 bits per heavy atom. The molecule has 6 nitrogen and oxygen atoms in total. The molecule has 0 spiro atoms. The number of aromatic amines is 1. The van der Waals surface area contributed by atoms with Crippen LogP contribution in [0, 0.1) is 0 Å². The van der Waals surface area contributed by atoms with E-state index in [-0.39, 0.29) is 5.91 Å². The monoisotopic (exact) mass is 259 g/mol. The molecule has 100 valence electrons. The van der Waals surface area contributed by atoms with Gasteiger partial charge in [0.05, 0.1) is 17.3 Å². The van der Waals surface area contributed by atoms with Crippen LogP contribution < -0.4 is 5.43 Å². The summed E-state index contributed by atoms with van der Waals surface area (Å²) in [5, 5.41) is 9.68. The minimum atomic E-state index is -0.0726. The molecule has 19 heavy (non-hydrogen) atoms. The fourth-order valence-electron chi connectivity index (χ4n) is 2.29. The minimum Gasteiger partial charge on any atom is -0.304 e. The van der Waals surface area contributed by atoms with Gasteiger partial charge in [0.2, 0.25) is 0 Å². The van der Waals surface area contributed by atoms with Crippen molar-refractivity contribution in [1.29, 1.82) is 0 Å². The first kappa shape index (κ1) is 12.1. The maximum atomic E-state index is 12.3. The number of hydrazine groups is 1. The fraction of sp³-hybridized carbons (Fsp3) is 0.385. The number of hydrogen-bond acceptors (Lipinski definition) is 4. The van der Waals surface area contributed by atoms with E-state index in [1.54, 1.807) is 6.20 Å². The van der Waals surface area contributed by atoms with Gasteiger partial charge in [-0.3, -0.25) is 15.3 Å². The summed E-state index contributed by atoms with van der Waals surface area (Å²) in [6, 6.07) is 5.59. The smallest absolute Gasteiger partial charge is 0.266 e. The molecule has 0 atom stereocenters. The maximum absolute atomic E-state index is 12.3. The zero-order valence-electron chi connectivity index (χ0n) is 10.9. The van der Waals surface area contributed by atoms with Crippen LogP contribution in [0.1, 0.15) is 10.4 Å². The number of amides is 1. The van der Waals surface area contributed by atoms with Crippen molar-refractivity contribution in [1.82, 2.24) is 25.5 Å². The summed E-state index contributed by atoms with van der Waals surface area (Å²) < 4.78 is 0. The van der Waals surface area contributed by atoms with Crippen LogP contribution >= 0.6 is 0 Å². The number of likely N-dealkylation sites (N-methyl/N-ethyl adjacent to an activating group) is 1. The Kier molecular flexibility index (Phi) is 3.18. The highest BCUT2D eigenvalue weighted by Crippen LogP contribution is 2.15. The van der Waals surface area contributed by atoms with Gasteiger partial charge < -0.3 is 4.90 Å².